The van der Waals surface area contributed by atoms with Gasteiger partial charge in [0, 0.05) is 38.8 Å². The van der Waals surface area contributed by atoms with E-state index in [1.807, 2.05) is 13.8 Å². The molecule has 0 radical (unpaired) electrons. The maximum absolute atomic E-state index is 12.3. The summed E-state index contributed by atoms with van der Waals surface area (Å²) >= 11 is 0. The van der Waals surface area contributed by atoms with Crippen LogP contribution >= 0.6 is 0 Å². The zero-order valence-electron chi connectivity index (χ0n) is 18.7. The number of hydrogen-bond acceptors (Lipinski definition) is 5. The van der Waals surface area contributed by atoms with Gasteiger partial charge in [-0.3, -0.25) is 9.69 Å². The van der Waals surface area contributed by atoms with Crippen molar-refractivity contribution in [1.29, 1.82) is 0 Å². The summed E-state index contributed by atoms with van der Waals surface area (Å²) in [5.41, 5.74) is 0. The van der Waals surface area contributed by atoms with Gasteiger partial charge in [-0.2, -0.15) is 4.31 Å². The van der Waals surface area contributed by atoms with Crippen LogP contribution in [0.5, 0.6) is 0 Å². The van der Waals surface area contributed by atoms with Gasteiger partial charge in [0.25, 0.3) is 0 Å². The van der Waals surface area contributed by atoms with E-state index in [1.54, 1.807) is 0 Å². The van der Waals surface area contributed by atoms with Crippen LogP contribution < -0.4 is 5.32 Å². The molecule has 7 nitrogen and oxygen atoms in total. The van der Waals surface area contributed by atoms with Crippen LogP contribution in [0.1, 0.15) is 58.8 Å². The Bertz CT molecular complexity index is 591. The average Bonchev–Trinajstić information content (AvgIpc) is 2.86. The number of nitrogens with zero attached hydrogens (tertiary/aromatic N) is 3. The third-order valence-corrected chi connectivity index (χ3v) is 7.63. The topological polar surface area (TPSA) is 73.0 Å². The molecular formula is C21H42N4O3S. The van der Waals surface area contributed by atoms with Gasteiger partial charge in [0.05, 0.1) is 12.8 Å². The smallest absolute Gasteiger partial charge is 0.234 e. The van der Waals surface area contributed by atoms with Crippen molar-refractivity contribution in [2.24, 2.45) is 5.92 Å². The molecule has 2 rings (SSSR count). The molecule has 170 valence electrons. The highest BCUT2D eigenvalue weighted by Gasteiger charge is 2.22. The maximum atomic E-state index is 12.3. The molecular weight excluding hydrogens is 388 g/mol. The van der Waals surface area contributed by atoms with E-state index in [0.29, 0.717) is 26.1 Å². The predicted octanol–water partition coefficient (Wildman–Crippen LogP) is 1.75. The first kappa shape index (κ1) is 24.6. The van der Waals surface area contributed by atoms with Crippen LogP contribution in [0.25, 0.3) is 0 Å². The number of amides is 1. The van der Waals surface area contributed by atoms with E-state index < -0.39 is 10.0 Å². The van der Waals surface area contributed by atoms with Gasteiger partial charge in [0.15, 0.2) is 0 Å². The number of carbonyl (C=O) groups excluding carboxylic acids is 1. The normalized spacial score (nSPS) is 20.9. The number of rotatable bonds is 10. The van der Waals surface area contributed by atoms with Crippen LogP contribution in [0.4, 0.5) is 0 Å². The second-order valence-corrected chi connectivity index (χ2v) is 11.0. The zero-order chi connectivity index (χ0) is 21.3. The first-order chi connectivity index (χ1) is 13.8. The number of nitrogens with one attached hydrogen (secondary N) is 1. The van der Waals surface area contributed by atoms with Gasteiger partial charge in [0.1, 0.15) is 0 Å². The molecule has 0 bridgehead atoms. The molecule has 29 heavy (non-hydrogen) atoms. The highest BCUT2D eigenvalue weighted by Crippen LogP contribution is 2.24. The lowest BCUT2D eigenvalue weighted by atomic mass is 9.89. The van der Waals surface area contributed by atoms with Crippen molar-refractivity contribution in [3.8, 4) is 0 Å². The number of sulfonamides is 1. The van der Waals surface area contributed by atoms with Gasteiger partial charge >= 0.3 is 0 Å². The Labute approximate surface area is 178 Å². The van der Waals surface area contributed by atoms with E-state index in [0.717, 1.165) is 38.5 Å². The second kappa shape index (κ2) is 12.2. The van der Waals surface area contributed by atoms with Crippen LogP contribution in [-0.2, 0) is 14.8 Å². The summed E-state index contributed by atoms with van der Waals surface area (Å²) in [6.45, 7) is 10.5. The predicted molar refractivity (Wildman–Crippen MR) is 118 cm³/mol. The Morgan fingerprint density at radius 3 is 2.34 bits per heavy atom. The van der Waals surface area contributed by atoms with Gasteiger partial charge in [-0.25, -0.2) is 8.42 Å². The van der Waals surface area contributed by atoms with Crippen molar-refractivity contribution >= 4 is 15.9 Å². The SMILES string of the molecule is CC(C)N(CCCNC(=O)CN1CCCN(CC2CCCCC2)CC1)S(C)(=O)=O. The average molecular weight is 431 g/mol. The number of hydrogen-bond donors (Lipinski definition) is 1. The highest BCUT2D eigenvalue weighted by atomic mass is 32.2. The van der Waals surface area contributed by atoms with Crippen molar-refractivity contribution in [2.75, 3.05) is 58.6 Å². The Hall–Kier alpha value is -0.700. The first-order valence-electron chi connectivity index (χ1n) is 11.4. The molecule has 1 saturated carbocycles. The minimum absolute atomic E-state index is 0.0428. The molecule has 1 aliphatic carbocycles. The van der Waals surface area contributed by atoms with Crippen LogP contribution in [0, 0.1) is 5.92 Å². The van der Waals surface area contributed by atoms with Crippen molar-refractivity contribution in [3.05, 3.63) is 0 Å². The molecule has 0 atom stereocenters. The Morgan fingerprint density at radius 1 is 1.03 bits per heavy atom. The summed E-state index contributed by atoms with van der Waals surface area (Å²) < 4.78 is 25.0. The molecule has 1 aliphatic heterocycles. The van der Waals surface area contributed by atoms with Crippen LogP contribution in [-0.4, -0.2) is 93.1 Å². The third-order valence-electron chi connectivity index (χ3n) is 6.17. The molecule has 2 aliphatic rings. The first-order valence-corrected chi connectivity index (χ1v) is 13.3. The van der Waals surface area contributed by atoms with Gasteiger partial charge < -0.3 is 10.2 Å². The van der Waals surface area contributed by atoms with Crippen molar-refractivity contribution < 1.29 is 13.2 Å². The fourth-order valence-corrected chi connectivity index (χ4v) is 5.86. The second-order valence-electron chi connectivity index (χ2n) is 9.11. The van der Waals surface area contributed by atoms with Crippen molar-refractivity contribution in [1.82, 2.24) is 19.4 Å². The van der Waals surface area contributed by atoms with E-state index in [4.69, 9.17) is 0 Å². The molecule has 0 aromatic carbocycles. The Balaban J connectivity index is 1.63. The fourth-order valence-electron chi connectivity index (χ4n) is 4.63. The lowest BCUT2D eigenvalue weighted by Crippen LogP contribution is -2.41. The van der Waals surface area contributed by atoms with E-state index in [-0.39, 0.29) is 11.9 Å². The molecule has 1 heterocycles. The molecule has 2 fully saturated rings. The van der Waals surface area contributed by atoms with E-state index in [2.05, 4.69) is 15.1 Å². The maximum Gasteiger partial charge on any atom is 0.234 e. The fraction of sp³-hybridized carbons (Fsp3) is 0.952. The Morgan fingerprint density at radius 2 is 1.69 bits per heavy atom. The highest BCUT2D eigenvalue weighted by molar-refractivity contribution is 7.88. The monoisotopic (exact) mass is 430 g/mol. The standard InChI is InChI=1S/C21H42N4O3S/c1-19(2)25(29(3,27)28)14-7-11-22-21(26)18-24-13-8-12-23(15-16-24)17-20-9-5-4-6-10-20/h19-20H,4-18H2,1-3H3,(H,22,26). The summed E-state index contributed by atoms with van der Waals surface area (Å²) in [7, 11) is -3.20. The van der Waals surface area contributed by atoms with Crippen molar-refractivity contribution in [2.45, 2.75) is 64.8 Å². The minimum atomic E-state index is -3.20. The van der Waals surface area contributed by atoms with Crippen LogP contribution in [0.2, 0.25) is 0 Å². The molecule has 0 aromatic rings. The largest absolute Gasteiger partial charge is 0.355 e. The molecule has 0 unspecified atom stereocenters. The molecule has 1 saturated heterocycles. The van der Waals surface area contributed by atoms with Gasteiger partial charge in [-0.15, -0.1) is 0 Å². The molecule has 0 spiro atoms. The molecule has 1 amide bonds. The van der Waals surface area contributed by atoms with Crippen LogP contribution in [0.3, 0.4) is 0 Å². The van der Waals surface area contributed by atoms with E-state index in [1.165, 1.54) is 49.2 Å². The van der Waals surface area contributed by atoms with Crippen molar-refractivity contribution in [3.63, 3.8) is 0 Å². The van der Waals surface area contributed by atoms with E-state index >= 15 is 0 Å². The molecule has 8 heteroatoms. The quantitative estimate of drug-likeness (QED) is 0.535. The summed E-state index contributed by atoms with van der Waals surface area (Å²) in [5.74, 6) is 0.914. The summed E-state index contributed by atoms with van der Waals surface area (Å²) in [5, 5.41) is 2.96. The molecule has 1 N–H and O–H groups in total. The zero-order valence-corrected chi connectivity index (χ0v) is 19.6. The van der Waals surface area contributed by atoms with Crippen LogP contribution in [0.15, 0.2) is 0 Å². The van der Waals surface area contributed by atoms with Gasteiger partial charge in [-0.05, 0) is 58.5 Å². The Kier molecular flexibility index (Phi) is 10.4. The van der Waals surface area contributed by atoms with Gasteiger partial charge in [-0.1, -0.05) is 19.3 Å². The lowest BCUT2D eigenvalue weighted by Gasteiger charge is -2.28. The summed E-state index contributed by atoms with van der Waals surface area (Å²) in [6.07, 6.45) is 9.95. The third kappa shape index (κ3) is 9.32. The lowest BCUT2D eigenvalue weighted by molar-refractivity contribution is -0.122. The summed E-state index contributed by atoms with van der Waals surface area (Å²) in [4.78, 5) is 17.2. The summed E-state index contributed by atoms with van der Waals surface area (Å²) in [6, 6.07) is -0.0608. The molecule has 0 aromatic heterocycles. The number of carbonyl (C=O) groups is 1. The van der Waals surface area contributed by atoms with E-state index in [9.17, 15) is 13.2 Å². The minimum Gasteiger partial charge on any atom is -0.355 e. The van der Waals surface area contributed by atoms with Gasteiger partial charge in [0.2, 0.25) is 15.9 Å².